The Labute approximate surface area is 200 Å². The fourth-order valence-corrected chi connectivity index (χ4v) is 4.46. The van der Waals surface area contributed by atoms with Crippen LogP contribution in [0.25, 0.3) is 0 Å². The van der Waals surface area contributed by atoms with Gasteiger partial charge >= 0.3 is 0 Å². The number of nitrogens with zero attached hydrogens (tertiary/aromatic N) is 6. The molecule has 0 aliphatic carbocycles. The van der Waals surface area contributed by atoms with Gasteiger partial charge in [0, 0.05) is 69.8 Å². The Kier molecular flexibility index (Phi) is 6.58. The molecular weight excluding hydrogens is 426 g/mol. The van der Waals surface area contributed by atoms with Crippen molar-refractivity contribution in [3.05, 3.63) is 72.6 Å². The van der Waals surface area contributed by atoms with E-state index in [2.05, 4.69) is 48.0 Å². The first-order valence-corrected chi connectivity index (χ1v) is 11.9. The first kappa shape index (κ1) is 22.2. The van der Waals surface area contributed by atoms with Crippen LogP contribution in [-0.4, -0.2) is 80.2 Å². The number of piperazine rings is 2. The van der Waals surface area contributed by atoms with Crippen LogP contribution >= 0.6 is 0 Å². The van der Waals surface area contributed by atoms with Crippen molar-refractivity contribution in [2.24, 2.45) is 0 Å². The third-order valence-corrected chi connectivity index (χ3v) is 6.61. The van der Waals surface area contributed by atoms with Crippen LogP contribution in [0.5, 0.6) is 0 Å². The lowest BCUT2D eigenvalue weighted by Gasteiger charge is -2.36. The second kappa shape index (κ2) is 10.1. The third-order valence-electron chi connectivity index (χ3n) is 6.61. The molecule has 0 atom stereocenters. The highest BCUT2D eigenvalue weighted by Crippen LogP contribution is 2.21. The number of hydrogen-bond acceptors (Lipinski definition) is 7. The van der Waals surface area contributed by atoms with Crippen LogP contribution in [0, 0.1) is 0 Å². The van der Waals surface area contributed by atoms with E-state index in [9.17, 15) is 4.79 Å². The van der Waals surface area contributed by atoms with Crippen molar-refractivity contribution < 1.29 is 4.79 Å². The minimum Gasteiger partial charge on any atom is -0.369 e. The Hall–Kier alpha value is -3.65. The molecule has 2 aliphatic rings. The van der Waals surface area contributed by atoms with E-state index in [1.807, 2.05) is 60.9 Å². The van der Waals surface area contributed by atoms with E-state index >= 15 is 0 Å². The predicted molar refractivity (Wildman–Crippen MR) is 137 cm³/mol. The Morgan fingerprint density at radius 2 is 1.38 bits per heavy atom. The number of amides is 1. The normalized spacial score (nSPS) is 17.0. The first-order valence-electron chi connectivity index (χ1n) is 11.9. The monoisotopic (exact) mass is 457 g/mol. The molecule has 34 heavy (non-hydrogen) atoms. The van der Waals surface area contributed by atoms with E-state index in [0.717, 1.165) is 69.6 Å². The number of benzene rings is 1. The summed E-state index contributed by atoms with van der Waals surface area (Å²) in [5, 5.41) is 2.92. The number of pyridine rings is 2. The van der Waals surface area contributed by atoms with E-state index in [4.69, 9.17) is 0 Å². The topological polar surface area (TPSA) is 67.8 Å². The molecule has 1 N–H and O–H groups in total. The van der Waals surface area contributed by atoms with Crippen molar-refractivity contribution in [2.45, 2.75) is 0 Å². The van der Waals surface area contributed by atoms with Crippen LogP contribution in [0.3, 0.4) is 0 Å². The summed E-state index contributed by atoms with van der Waals surface area (Å²) in [7, 11) is 2.15. The molecule has 0 spiro atoms. The highest BCUT2D eigenvalue weighted by atomic mass is 16.1. The molecule has 2 fully saturated rings. The SMILES string of the molecule is CN1CCN(c2ccc(C(=O)Nc3ccc(N4CCN(c5ccccn5)CC4)cn3)cc2)CC1. The molecule has 8 heteroatoms. The summed E-state index contributed by atoms with van der Waals surface area (Å²) < 4.78 is 0. The number of nitrogens with one attached hydrogen (secondary N) is 1. The minimum absolute atomic E-state index is 0.144. The highest BCUT2D eigenvalue weighted by Gasteiger charge is 2.19. The molecule has 1 aromatic carbocycles. The maximum absolute atomic E-state index is 12.7. The molecule has 3 aromatic rings. The van der Waals surface area contributed by atoms with Gasteiger partial charge in [0.15, 0.2) is 0 Å². The molecule has 2 saturated heterocycles. The number of hydrogen-bond donors (Lipinski definition) is 1. The fraction of sp³-hybridized carbons (Fsp3) is 0.346. The average molecular weight is 458 g/mol. The molecular formula is C26H31N7O. The summed E-state index contributed by atoms with van der Waals surface area (Å²) in [5.74, 6) is 1.44. The summed E-state index contributed by atoms with van der Waals surface area (Å²) in [6.45, 7) is 7.78. The lowest BCUT2D eigenvalue weighted by molar-refractivity contribution is 0.102. The van der Waals surface area contributed by atoms with Crippen LogP contribution in [0.4, 0.5) is 23.0 Å². The largest absolute Gasteiger partial charge is 0.369 e. The molecule has 8 nitrogen and oxygen atoms in total. The number of rotatable bonds is 5. The molecule has 4 heterocycles. The molecule has 176 valence electrons. The highest BCUT2D eigenvalue weighted by molar-refractivity contribution is 6.04. The summed E-state index contributed by atoms with van der Waals surface area (Å²) >= 11 is 0. The van der Waals surface area contributed by atoms with E-state index in [1.165, 1.54) is 0 Å². The molecule has 0 radical (unpaired) electrons. The number of anilines is 4. The number of likely N-dealkylation sites (N-methyl/N-ethyl adjacent to an activating group) is 1. The van der Waals surface area contributed by atoms with Gasteiger partial charge in [-0.1, -0.05) is 6.07 Å². The van der Waals surface area contributed by atoms with Crippen LogP contribution in [-0.2, 0) is 0 Å². The Bertz CT molecular complexity index is 1070. The predicted octanol–water partition coefficient (Wildman–Crippen LogP) is 2.81. The molecule has 0 bridgehead atoms. The number of aromatic nitrogens is 2. The van der Waals surface area contributed by atoms with Gasteiger partial charge in [0.1, 0.15) is 11.6 Å². The zero-order chi connectivity index (χ0) is 23.3. The van der Waals surface area contributed by atoms with Gasteiger partial charge in [0.2, 0.25) is 0 Å². The second-order valence-corrected chi connectivity index (χ2v) is 8.85. The van der Waals surface area contributed by atoms with Crippen LogP contribution in [0.15, 0.2) is 67.0 Å². The molecule has 0 saturated carbocycles. The van der Waals surface area contributed by atoms with Gasteiger partial charge in [-0.3, -0.25) is 4.79 Å². The second-order valence-electron chi connectivity index (χ2n) is 8.85. The third kappa shape index (κ3) is 5.12. The van der Waals surface area contributed by atoms with Gasteiger partial charge in [-0.2, -0.15) is 0 Å². The van der Waals surface area contributed by atoms with E-state index in [0.29, 0.717) is 11.4 Å². The summed E-state index contributed by atoms with van der Waals surface area (Å²) in [6.07, 6.45) is 3.67. The van der Waals surface area contributed by atoms with Gasteiger partial charge in [0.25, 0.3) is 5.91 Å². The molecule has 2 aromatic heterocycles. The molecule has 0 unspecified atom stereocenters. The maximum Gasteiger partial charge on any atom is 0.256 e. The van der Waals surface area contributed by atoms with Crippen LogP contribution < -0.4 is 20.0 Å². The molecule has 2 aliphatic heterocycles. The number of carbonyl (C=O) groups excluding carboxylic acids is 1. The van der Waals surface area contributed by atoms with Gasteiger partial charge in [-0.15, -0.1) is 0 Å². The number of carbonyl (C=O) groups is 1. The Morgan fingerprint density at radius 3 is 2.03 bits per heavy atom. The van der Waals surface area contributed by atoms with Crippen LogP contribution in [0.2, 0.25) is 0 Å². The van der Waals surface area contributed by atoms with E-state index in [1.54, 1.807) is 0 Å². The van der Waals surface area contributed by atoms with Crippen molar-refractivity contribution in [3.63, 3.8) is 0 Å². The average Bonchev–Trinajstić information content (AvgIpc) is 2.90. The minimum atomic E-state index is -0.144. The Balaban J connectivity index is 1.14. The van der Waals surface area contributed by atoms with Crippen molar-refractivity contribution in [1.29, 1.82) is 0 Å². The maximum atomic E-state index is 12.7. The molecule has 5 rings (SSSR count). The van der Waals surface area contributed by atoms with E-state index < -0.39 is 0 Å². The van der Waals surface area contributed by atoms with Crippen molar-refractivity contribution >= 4 is 28.9 Å². The van der Waals surface area contributed by atoms with E-state index in [-0.39, 0.29) is 5.91 Å². The van der Waals surface area contributed by atoms with Gasteiger partial charge in [-0.05, 0) is 55.6 Å². The Morgan fingerprint density at radius 1 is 0.735 bits per heavy atom. The summed E-state index contributed by atoms with van der Waals surface area (Å²) in [4.78, 5) is 30.9. The standard InChI is InChI=1S/C26H31N7O/c1-30-12-14-31(15-13-30)22-7-5-21(6-8-22)26(34)29-24-10-9-23(20-28-24)32-16-18-33(19-17-32)25-4-2-3-11-27-25/h2-11,20H,12-19H2,1H3,(H,28,29,34). The van der Waals surface area contributed by atoms with Gasteiger partial charge < -0.3 is 24.9 Å². The van der Waals surface area contributed by atoms with Gasteiger partial charge in [-0.25, -0.2) is 9.97 Å². The van der Waals surface area contributed by atoms with Crippen molar-refractivity contribution in [3.8, 4) is 0 Å². The summed E-state index contributed by atoms with van der Waals surface area (Å²) in [6, 6.07) is 17.7. The smallest absolute Gasteiger partial charge is 0.256 e. The van der Waals surface area contributed by atoms with Crippen molar-refractivity contribution in [2.75, 3.05) is 79.4 Å². The van der Waals surface area contributed by atoms with Crippen LogP contribution in [0.1, 0.15) is 10.4 Å². The van der Waals surface area contributed by atoms with Crippen molar-refractivity contribution in [1.82, 2.24) is 14.9 Å². The molecule has 1 amide bonds. The zero-order valence-electron chi connectivity index (χ0n) is 19.6. The summed E-state index contributed by atoms with van der Waals surface area (Å²) in [5.41, 5.74) is 2.86. The lowest BCUT2D eigenvalue weighted by atomic mass is 10.1. The zero-order valence-corrected chi connectivity index (χ0v) is 19.6. The first-order chi connectivity index (χ1) is 16.7. The fourth-order valence-electron chi connectivity index (χ4n) is 4.46. The lowest BCUT2D eigenvalue weighted by Crippen LogP contribution is -2.46. The van der Waals surface area contributed by atoms with Gasteiger partial charge in [0.05, 0.1) is 11.9 Å². The quantitative estimate of drug-likeness (QED) is 0.632.